The van der Waals surface area contributed by atoms with Gasteiger partial charge in [0.1, 0.15) is 5.82 Å². The van der Waals surface area contributed by atoms with Crippen LogP contribution in [0.5, 0.6) is 0 Å². The molecule has 0 spiro atoms. The van der Waals surface area contributed by atoms with Crippen molar-refractivity contribution in [2.45, 2.75) is 26.3 Å². The lowest BCUT2D eigenvalue weighted by atomic mass is 10.2. The molecule has 19 heavy (non-hydrogen) atoms. The van der Waals surface area contributed by atoms with Gasteiger partial charge in [-0.05, 0) is 37.3 Å². The quantitative estimate of drug-likeness (QED) is 0.785. The molecule has 0 radical (unpaired) electrons. The second kappa shape index (κ2) is 4.91. The van der Waals surface area contributed by atoms with Crippen LogP contribution in [0.3, 0.4) is 0 Å². The van der Waals surface area contributed by atoms with Crippen LogP contribution in [0.4, 0.5) is 4.79 Å². The Morgan fingerprint density at radius 2 is 2.26 bits per heavy atom. The third-order valence-electron chi connectivity index (χ3n) is 3.43. The van der Waals surface area contributed by atoms with Gasteiger partial charge in [0.05, 0.1) is 17.6 Å². The normalized spacial score (nSPS) is 14.6. The molecule has 0 atom stereocenters. The van der Waals surface area contributed by atoms with Crippen molar-refractivity contribution in [3.63, 3.8) is 0 Å². The number of aromatic amines is 1. The Labute approximate surface area is 111 Å². The average Bonchev–Trinajstić information content (AvgIpc) is 3.13. The first kappa shape index (κ1) is 12.0. The fourth-order valence-electron chi connectivity index (χ4n) is 2.10. The molecule has 1 saturated carbocycles. The molecule has 3 N–H and O–H groups in total. The molecule has 1 aliphatic carbocycles. The first-order valence-electron chi connectivity index (χ1n) is 6.68. The van der Waals surface area contributed by atoms with Crippen LogP contribution in [0.25, 0.3) is 11.0 Å². The topological polar surface area (TPSA) is 69.8 Å². The lowest BCUT2D eigenvalue weighted by Gasteiger charge is -2.04. The van der Waals surface area contributed by atoms with Gasteiger partial charge in [-0.15, -0.1) is 0 Å². The number of para-hydroxylation sites is 1. The number of amides is 2. The third-order valence-corrected chi connectivity index (χ3v) is 3.43. The molecule has 1 aromatic carbocycles. The standard InChI is InChI=1S/C14H18N4O/c1-9-3-2-4-11-13(9)18-12(17-11)8-16-14(19)15-7-10-5-6-10/h2-4,10H,5-8H2,1H3,(H,17,18)(H2,15,16,19). The number of nitrogens with zero attached hydrogens (tertiary/aromatic N) is 1. The lowest BCUT2D eigenvalue weighted by molar-refractivity contribution is 0.240. The van der Waals surface area contributed by atoms with E-state index in [1.54, 1.807) is 0 Å². The van der Waals surface area contributed by atoms with Crippen molar-refractivity contribution >= 4 is 17.1 Å². The van der Waals surface area contributed by atoms with Gasteiger partial charge in [-0.2, -0.15) is 0 Å². The summed E-state index contributed by atoms with van der Waals surface area (Å²) in [6, 6.07) is 5.90. The van der Waals surface area contributed by atoms with Crippen LogP contribution < -0.4 is 10.6 Å². The number of carbonyl (C=O) groups excluding carboxylic acids is 1. The number of H-pyrrole nitrogens is 1. The van der Waals surface area contributed by atoms with Gasteiger partial charge in [0.25, 0.3) is 0 Å². The van der Waals surface area contributed by atoms with Crippen LogP contribution >= 0.6 is 0 Å². The maximum atomic E-state index is 11.6. The number of carbonyl (C=O) groups is 1. The Balaban J connectivity index is 1.58. The van der Waals surface area contributed by atoms with Gasteiger partial charge >= 0.3 is 6.03 Å². The summed E-state index contributed by atoms with van der Waals surface area (Å²) in [4.78, 5) is 19.3. The number of fused-ring (bicyclic) bond motifs is 1. The van der Waals surface area contributed by atoms with Crippen molar-refractivity contribution in [2.75, 3.05) is 6.54 Å². The Bertz CT molecular complexity index is 601. The summed E-state index contributed by atoms with van der Waals surface area (Å²) in [6.07, 6.45) is 2.48. The summed E-state index contributed by atoms with van der Waals surface area (Å²) in [6.45, 7) is 3.23. The number of nitrogens with one attached hydrogen (secondary N) is 3. The van der Waals surface area contributed by atoms with Crippen molar-refractivity contribution in [3.05, 3.63) is 29.6 Å². The van der Waals surface area contributed by atoms with E-state index in [1.165, 1.54) is 12.8 Å². The van der Waals surface area contributed by atoms with E-state index in [-0.39, 0.29) is 6.03 Å². The number of urea groups is 1. The average molecular weight is 258 g/mol. The molecule has 1 aromatic heterocycles. The summed E-state index contributed by atoms with van der Waals surface area (Å²) in [5.41, 5.74) is 3.12. The zero-order valence-corrected chi connectivity index (χ0v) is 11.0. The van der Waals surface area contributed by atoms with E-state index in [0.717, 1.165) is 29.0 Å². The highest BCUT2D eigenvalue weighted by Crippen LogP contribution is 2.27. The molecular weight excluding hydrogens is 240 g/mol. The molecule has 5 nitrogen and oxygen atoms in total. The summed E-state index contributed by atoms with van der Waals surface area (Å²) in [5, 5.41) is 5.69. The van der Waals surface area contributed by atoms with E-state index < -0.39 is 0 Å². The van der Waals surface area contributed by atoms with E-state index in [0.29, 0.717) is 12.5 Å². The van der Waals surface area contributed by atoms with Gasteiger partial charge in [-0.3, -0.25) is 0 Å². The zero-order chi connectivity index (χ0) is 13.2. The Hall–Kier alpha value is -2.04. The number of hydrogen-bond donors (Lipinski definition) is 3. The highest BCUT2D eigenvalue weighted by atomic mass is 16.2. The first-order valence-corrected chi connectivity index (χ1v) is 6.68. The molecule has 0 unspecified atom stereocenters. The van der Waals surface area contributed by atoms with Crippen LogP contribution in [0.2, 0.25) is 0 Å². The predicted octanol–water partition coefficient (Wildman–Crippen LogP) is 2.08. The number of hydrogen-bond acceptors (Lipinski definition) is 2. The lowest BCUT2D eigenvalue weighted by Crippen LogP contribution is -2.36. The molecule has 1 heterocycles. The van der Waals surface area contributed by atoms with Crippen LogP contribution in [0.1, 0.15) is 24.2 Å². The highest BCUT2D eigenvalue weighted by Gasteiger charge is 2.21. The summed E-state index contributed by atoms with van der Waals surface area (Å²) in [5.74, 6) is 1.48. The van der Waals surface area contributed by atoms with Gasteiger partial charge in [-0.25, -0.2) is 9.78 Å². The zero-order valence-electron chi connectivity index (χ0n) is 11.0. The largest absolute Gasteiger partial charge is 0.340 e. The fraction of sp³-hybridized carbons (Fsp3) is 0.429. The predicted molar refractivity (Wildman–Crippen MR) is 73.8 cm³/mol. The van der Waals surface area contributed by atoms with Gasteiger partial charge < -0.3 is 15.6 Å². The van der Waals surface area contributed by atoms with E-state index >= 15 is 0 Å². The molecule has 3 rings (SSSR count). The van der Waals surface area contributed by atoms with E-state index in [4.69, 9.17) is 0 Å². The van der Waals surface area contributed by atoms with E-state index in [9.17, 15) is 4.79 Å². The number of rotatable bonds is 4. The second-order valence-corrected chi connectivity index (χ2v) is 5.16. The van der Waals surface area contributed by atoms with Crippen molar-refractivity contribution in [3.8, 4) is 0 Å². The Morgan fingerprint density at radius 3 is 3.00 bits per heavy atom. The molecule has 0 saturated heterocycles. The van der Waals surface area contributed by atoms with Crippen LogP contribution in [0.15, 0.2) is 18.2 Å². The van der Waals surface area contributed by atoms with Crippen molar-refractivity contribution in [1.29, 1.82) is 0 Å². The first-order chi connectivity index (χ1) is 9.22. The monoisotopic (exact) mass is 258 g/mol. The molecule has 100 valence electrons. The third kappa shape index (κ3) is 2.86. The second-order valence-electron chi connectivity index (χ2n) is 5.16. The number of benzene rings is 1. The minimum absolute atomic E-state index is 0.121. The van der Waals surface area contributed by atoms with E-state index in [2.05, 4.69) is 20.6 Å². The smallest absolute Gasteiger partial charge is 0.315 e. The van der Waals surface area contributed by atoms with Crippen molar-refractivity contribution < 1.29 is 4.79 Å². The molecule has 5 heteroatoms. The number of aryl methyl sites for hydroxylation is 1. The molecule has 2 amide bonds. The maximum absolute atomic E-state index is 11.6. The molecular formula is C14H18N4O. The molecule has 2 aromatic rings. The molecule has 1 aliphatic rings. The van der Waals surface area contributed by atoms with Crippen LogP contribution in [-0.2, 0) is 6.54 Å². The SMILES string of the molecule is Cc1cccc2[nH]c(CNC(=O)NCC3CC3)nc12. The number of aromatic nitrogens is 2. The fourth-order valence-corrected chi connectivity index (χ4v) is 2.10. The van der Waals surface area contributed by atoms with Crippen LogP contribution in [0, 0.1) is 12.8 Å². The van der Waals surface area contributed by atoms with Gasteiger partial charge in [0.15, 0.2) is 0 Å². The minimum atomic E-state index is -0.121. The summed E-state index contributed by atoms with van der Waals surface area (Å²) >= 11 is 0. The summed E-state index contributed by atoms with van der Waals surface area (Å²) in [7, 11) is 0. The molecule has 1 fully saturated rings. The minimum Gasteiger partial charge on any atom is -0.340 e. The maximum Gasteiger partial charge on any atom is 0.315 e. The summed E-state index contributed by atoms with van der Waals surface area (Å²) < 4.78 is 0. The van der Waals surface area contributed by atoms with Gasteiger partial charge in [0, 0.05) is 6.54 Å². The van der Waals surface area contributed by atoms with Crippen molar-refractivity contribution in [2.24, 2.45) is 5.92 Å². The molecule has 0 bridgehead atoms. The van der Waals surface area contributed by atoms with E-state index in [1.807, 2.05) is 25.1 Å². The van der Waals surface area contributed by atoms with Crippen LogP contribution in [-0.4, -0.2) is 22.5 Å². The van der Waals surface area contributed by atoms with Gasteiger partial charge in [0.2, 0.25) is 0 Å². The van der Waals surface area contributed by atoms with Gasteiger partial charge in [-0.1, -0.05) is 12.1 Å². The Morgan fingerprint density at radius 1 is 1.42 bits per heavy atom. The highest BCUT2D eigenvalue weighted by molar-refractivity contribution is 5.78. The number of imidazole rings is 1. The molecule has 0 aliphatic heterocycles. The Kier molecular flexibility index (Phi) is 3.11. The van der Waals surface area contributed by atoms with Crippen molar-refractivity contribution in [1.82, 2.24) is 20.6 Å².